The molecule has 0 saturated heterocycles. The number of carbonyl (C=O) groups is 1. The van der Waals surface area contributed by atoms with Gasteiger partial charge in [0.25, 0.3) is 0 Å². The lowest BCUT2D eigenvalue weighted by molar-refractivity contribution is 0.0186. The molecule has 6 nitrogen and oxygen atoms in total. The van der Waals surface area contributed by atoms with Crippen molar-refractivity contribution in [1.29, 1.82) is 5.41 Å². The Kier molecular flexibility index (Phi) is 5.60. The Morgan fingerprint density at radius 2 is 1.73 bits per heavy atom. The van der Waals surface area contributed by atoms with Crippen LogP contribution in [-0.2, 0) is 11.3 Å². The number of nitrogens with zero attached hydrogens (tertiary/aromatic N) is 1. The van der Waals surface area contributed by atoms with E-state index in [1.807, 2.05) is 47.0 Å². The molecule has 1 aromatic heterocycles. The summed E-state index contributed by atoms with van der Waals surface area (Å²) in [5, 5.41) is 11.1. The molecule has 0 atom stereocenters. The highest BCUT2D eigenvalue weighted by Crippen LogP contribution is 2.28. The van der Waals surface area contributed by atoms with Gasteiger partial charge in [-0.05, 0) is 54.2 Å². The second-order valence-electron chi connectivity index (χ2n) is 8.88. The van der Waals surface area contributed by atoms with Crippen LogP contribution in [0, 0.1) is 5.41 Å². The van der Waals surface area contributed by atoms with Gasteiger partial charge >= 0.3 is 5.97 Å². The maximum atomic E-state index is 13.3. The van der Waals surface area contributed by atoms with E-state index in [0.717, 1.165) is 52.9 Å². The summed E-state index contributed by atoms with van der Waals surface area (Å²) in [4.78, 5) is 13.3. The quantitative estimate of drug-likeness (QED) is 0.240. The lowest BCUT2D eigenvalue weighted by atomic mass is 9.94. The molecule has 33 heavy (non-hydrogen) atoms. The van der Waals surface area contributed by atoms with E-state index >= 15 is 0 Å². The summed E-state index contributed by atoms with van der Waals surface area (Å²) >= 11 is 0. The largest absolute Gasteiger partial charge is 0.458 e. The van der Waals surface area contributed by atoms with Crippen LogP contribution in [0.15, 0.2) is 66.7 Å². The van der Waals surface area contributed by atoms with Crippen molar-refractivity contribution in [2.75, 3.05) is 0 Å². The van der Waals surface area contributed by atoms with Crippen LogP contribution in [0.2, 0.25) is 0 Å². The highest BCUT2D eigenvalue weighted by molar-refractivity contribution is 6.01. The standard InChI is InChI=1S/C27H28N4O2/c28-21-10-12-22(13-11-21)33-27(32)25-14-18-8-9-19(26(29)30)15-24(18)31(25)16-20-6-3-5-17-4-1-2-7-23(17)20/h1-9,14-15,21-22H,10-13,16,28H2,(H3,29,30). The molecule has 5 rings (SSSR count). The number of amidine groups is 1. The topological polar surface area (TPSA) is 107 Å². The number of ether oxygens (including phenoxy) is 1. The molecule has 3 aromatic carbocycles. The lowest BCUT2D eigenvalue weighted by Crippen LogP contribution is -2.31. The van der Waals surface area contributed by atoms with Crippen molar-refractivity contribution in [3.05, 3.63) is 83.6 Å². The van der Waals surface area contributed by atoms with Gasteiger partial charge in [0.15, 0.2) is 0 Å². The molecule has 0 bridgehead atoms. The van der Waals surface area contributed by atoms with Crippen LogP contribution in [0.3, 0.4) is 0 Å². The maximum Gasteiger partial charge on any atom is 0.355 e. The molecule has 1 heterocycles. The molecule has 0 amide bonds. The van der Waals surface area contributed by atoms with Gasteiger partial charge in [-0.15, -0.1) is 0 Å². The number of hydrogen-bond acceptors (Lipinski definition) is 4. The number of nitrogens with one attached hydrogen (secondary N) is 1. The highest BCUT2D eigenvalue weighted by atomic mass is 16.5. The smallest absolute Gasteiger partial charge is 0.355 e. The lowest BCUT2D eigenvalue weighted by Gasteiger charge is -2.26. The molecule has 4 aromatic rings. The summed E-state index contributed by atoms with van der Waals surface area (Å²) in [5.74, 6) is -0.325. The third-order valence-electron chi connectivity index (χ3n) is 6.63. The van der Waals surface area contributed by atoms with Gasteiger partial charge in [0, 0.05) is 29.1 Å². The van der Waals surface area contributed by atoms with E-state index in [1.165, 1.54) is 0 Å². The number of nitrogen functional groups attached to an aromatic ring is 1. The molecule has 6 heteroatoms. The number of aromatic nitrogens is 1. The molecular weight excluding hydrogens is 412 g/mol. The van der Waals surface area contributed by atoms with Gasteiger partial charge in [0.2, 0.25) is 0 Å². The zero-order valence-electron chi connectivity index (χ0n) is 18.5. The zero-order valence-corrected chi connectivity index (χ0v) is 18.5. The fourth-order valence-corrected chi connectivity index (χ4v) is 4.78. The van der Waals surface area contributed by atoms with Crippen LogP contribution in [0.5, 0.6) is 0 Å². The first-order valence-electron chi connectivity index (χ1n) is 11.4. The third-order valence-corrected chi connectivity index (χ3v) is 6.63. The van der Waals surface area contributed by atoms with E-state index in [4.69, 9.17) is 21.6 Å². The number of hydrogen-bond donors (Lipinski definition) is 3. The number of carbonyl (C=O) groups excluding carboxylic acids is 1. The number of rotatable bonds is 5. The molecule has 1 fully saturated rings. The van der Waals surface area contributed by atoms with Crippen LogP contribution in [-0.4, -0.2) is 28.5 Å². The van der Waals surface area contributed by atoms with Gasteiger partial charge < -0.3 is 20.8 Å². The van der Waals surface area contributed by atoms with Gasteiger partial charge in [-0.1, -0.05) is 54.6 Å². The Labute approximate surface area is 192 Å². The molecule has 1 aliphatic rings. The number of fused-ring (bicyclic) bond motifs is 2. The van der Waals surface area contributed by atoms with E-state index in [-0.39, 0.29) is 24.0 Å². The molecule has 0 spiro atoms. The second-order valence-corrected chi connectivity index (χ2v) is 8.88. The summed E-state index contributed by atoms with van der Waals surface area (Å²) in [6.45, 7) is 0.506. The normalized spacial score (nSPS) is 18.5. The van der Waals surface area contributed by atoms with Gasteiger partial charge in [-0.2, -0.15) is 0 Å². The van der Waals surface area contributed by atoms with E-state index < -0.39 is 0 Å². The van der Waals surface area contributed by atoms with E-state index in [1.54, 1.807) is 0 Å². The van der Waals surface area contributed by atoms with Crippen molar-refractivity contribution in [3.8, 4) is 0 Å². The Bertz CT molecular complexity index is 1340. The molecule has 0 radical (unpaired) electrons. The van der Waals surface area contributed by atoms with Crippen molar-refractivity contribution in [1.82, 2.24) is 4.57 Å². The fraction of sp³-hybridized carbons (Fsp3) is 0.259. The summed E-state index contributed by atoms with van der Waals surface area (Å²) in [5.41, 5.74) is 14.9. The first-order chi connectivity index (χ1) is 16.0. The minimum Gasteiger partial charge on any atom is -0.458 e. The molecule has 5 N–H and O–H groups in total. The Hall–Kier alpha value is -3.64. The molecule has 0 unspecified atom stereocenters. The Morgan fingerprint density at radius 1 is 0.970 bits per heavy atom. The van der Waals surface area contributed by atoms with Crippen LogP contribution in [0.25, 0.3) is 21.7 Å². The van der Waals surface area contributed by atoms with Crippen LogP contribution in [0.1, 0.15) is 47.3 Å². The third kappa shape index (κ3) is 4.22. The van der Waals surface area contributed by atoms with E-state index in [0.29, 0.717) is 17.8 Å². The summed E-state index contributed by atoms with van der Waals surface area (Å²) in [7, 11) is 0. The zero-order chi connectivity index (χ0) is 22.9. The van der Waals surface area contributed by atoms with Crippen molar-refractivity contribution in [3.63, 3.8) is 0 Å². The minimum absolute atomic E-state index is 0.00233. The second kappa shape index (κ2) is 8.71. The maximum absolute atomic E-state index is 13.3. The Morgan fingerprint density at radius 3 is 2.52 bits per heavy atom. The van der Waals surface area contributed by atoms with Crippen molar-refractivity contribution < 1.29 is 9.53 Å². The predicted molar refractivity (Wildman–Crippen MR) is 132 cm³/mol. The van der Waals surface area contributed by atoms with Gasteiger partial charge in [0.1, 0.15) is 17.6 Å². The number of esters is 1. The van der Waals surface area contributed by atoms with Crippen molar-refractivity contribution >= 4 is 33.5 Å². The van der Waals surface area contributed by atoms with E-state index in [9.17, 15) is 4.79 Å². The van der Waals surface area contributed by atoms with Crippen LogP contribution < -0.4 is 11.5 Å². The fourth-order valence-electron chi connectivity index (χ4n) is 4.78. The van der Waals surface area contributed by atoms with Crippen molar-refractivity contribution in [2.45, 2.75) is 44.4 Å². The number of benzene rings is 3. The predicted octanol–water partition coefficient (Wildman–Crippen LogP) is 4.55. The van der Waals surface area contributed by atoms with Gasteiger partial charge in [0.05, 0.1) is 0 Å². The SMILES string of the molecule is N=C(N)c1ccc2cc(C(=O)OC3CCC(N)CC3)n(Cc3cccc4ccccc34)c2c1. The minimum atomic E-state index is -0.323. The molecular formula is C27H28N4O2. The summed E-state index contributed by atoms with van der Waals surface area (Å²) < 4.78 is 7.90. The van der Waals surface area contributed by atoms with Gasteiger partial charge in [-0.25, -0.2) is 4.79 Å². The van der Waals surface area contributed by atoms with Crippen LogP contribution in [0.4, 0.5) is 0 Å². The molecule has 1 aliphatic carbocycles. The van der Waals surface area contributed by atoms with E-state index in [2.05, 4.69) is 24.3 Å². The first-order valence-corrected chi connectivity index (χ1v) is 11.4. The van der Waals surface area contributed by atoms with Gasteiger partial charge in [-0.3, -0.25) is 5.41 Å². The van der Waals surface area contributed by atoms with Crippen LogP contribution >= 0.6 is 0 Å². The summed E-state index contributed by atoms with van der Waals surface area (Å²) in [6, 6.07) is 22.1. The highest BCUT2D eigenvalue weighted by Gasteiger charge is 2.25. The first kappa shape index (κ1) is 21.2. The monoisotopic (exact) mass is 440 g/mol. The van der Waals surface area contributed by atoms with Crippen molar-refractivity contribution in [2.24, 2.45) is 11.5 Å². The average Bonchev–Trinajstić information content (AvgIpc) is 3.18. The number of nitrogens with two attached hydrogens (primary N) is 2. The molecule has 0 aliphatic heterocycles. The molecule has 1 saturated carbocycles. The Balaban J connectivity index is 1.57. The molecule has 168 valence electrons. The average molecular weight is 441 g/mol. The summed E-state index contributed by atoms with van der Waals surface area (Å²) in [6.07, 6.45) is 3.24.